The summed E-state index contributed by atoms with van der Waals surface area (Å²) in [6, 6.07) is 0. The van der Waals surface area contributed by atoms with Gasteiger partial charge in [-0.15, -0.1) is 0 Å². The van der Waals surface area contributed by atoms with Crippen LogP contribution >= 0.6 is 11.8 Å². The van der Waals surface area contributed by atoms with Gasteiger partial charge in [0.05, 0.1) is 6.61 Å². The average Bonchev–Trinajstić information content (AvgIpc) is 2.88. The van der Waals surface area contributed by atoms with Crippen molar-refractivity contribution in [2.24, 2.45) is 12.8 Å². The molecule has 0 radical (unpaired) electrons. The van der Waals surface area contributed by atoms with Crippen LogP contribution in [0, 0.1) is 0 Å². The molecular formula is C14H19N5O5S. The van der Waals surface area contributed by atoms with Gasteiger partial charge in [0, 0.05) is 7.05 Å². The molecule has 1 atom stereocenters. The van der Waals surface area contributed by atoms with E-state index < -0.39 is 28.4 Å². The second kappa shape index (κ2) is 7.55. The van der Waals surface area contributed by atoms with Gasteiger partial charge in [-0.25, -0.2) is 9.78 Å². The zero-order chi connectivity index (χ0) is 18.7. The molecular weight excluding hydrogens is 350 g/mol. The molecule has 136 valence electrons. The molecule has 0 aliphatic rings. The third-order valence-electron chi connectivity index (χ3n) is 3.45. The van der Waals surface area contributed by atoms with E-state index in [-0.39, 0.29) is 29.5 Å². The van der Waals surface area contributed by atoms with Crippen molar-refractivity contribution in [3.8, 4) is 0 Å². The van der Waals surface area contributed by atoms with Gasteiger partial charge in [-0.05, 0) is 13.3 Å². The first-order valence-electron chi connectivity index (χ1n) is 7.61. The summed E-state index contributed by atoms with van der Waals surface area (Å²) in [5, 5.41) is -0.333. The summed E-state index contributed by atoms with van der Waals surface area (Å²) in [7, 11) is 1.44. The molecule has 2 aromatic rings. The van der Waals surface area contributed by atoms with Crippen LogP contribution in [0.5, 0.6) is 0 Å². The summed E-state index contributed by atoms with van der Waals surface area (Å²) >= 11 is 1.06. The molecule has 0 spiro atoms. The van der Waals surface area contributed by atoms with Crippen molar-refractivity contribution >= 4 is 34.8 Å². The van der Waals surface area contributed by atoms with Crippen LogP contribution in [0.25, 0.3) is 11.2 Å². The van der Waals surface area contributed by atoms with Crippen molar-refractivity contribution < 1.29 is 14.3 Å². The molecule has 0 unspecified atom stereocenters. The Morgan fingerprint density at radius 1 is 1.36 bits per heavy atom. The average molecular weight is 369 g/mol. The molecule has 2 aromatic heterocycles. The highest BCUT2D eigenvalue weighted by Crippen LogP contribution is 2.28. The number of nitrogens with one attached hydrogen (secondary N) is 1. The molecule has 0 saturated heterocycles. The molecule has 0 aromatic carbocycles. The molecule has 0 saturated carbocycles. The fourth-order valence-corrected chi connectivity index (χ4v) is 3.28. The Balaban J connectivity index is 2.62. The highest BCUT2D eigenvalue weighted by Gasteiger charge is 2.25. The number of aromatic nitrogens is 4. The molecule has 3 N–H and O–H groups in total. The largest absolute Gasteiger partial charge is 0.465 e. The van der Waals surface area contributed by atoms with Crippen molar-refractivity contribution in [1.82, 2.24) is 19.1 Å². The maximum atomic E-state index is 12.2. The highest BCUT2D eigenvalue weighted by atomic mass is 32.2. The highest BCUT2D eigenvalue weighted by molar-refractivity contribution is 8.00. The van der Waals surface area contributed by atoms with E-state index >= 15 is 0 Å². The van der Waals surface area contributed by atoms with Crippen molar-refractivity contribution in [1.29, 1.82) is 0 Å². The van der Waals surface area contributed by atoms with Gasteiger partial charge in [0.15, 0.2) is 16.3 Å². The van der Waals surface area contributed by atoms with E-state index in [4.69, 9.17) is 10.5 Å². The minimum atomic E-state index is -0.682. The number of imidazole rings is 1. The number of aromatic amines is 1. The topological polar surface area (TPSA) is 142 Å². The normalized spacial score (nSPS) is 12.3. The Hall–Kier alpha value is -2.56. The molecule has 2 heterocycles. The van der Waals surface area contributed by atoms with Crippen LogP contribution in [0.2, 0.25) is 0 Å². The Kier molecular flexibility index (Phi) is 5.67. The molecule has 0 aliphatic heterocycles. The molecule has 0 fully saturated rings. The number of H-pyrrole nitrogens is 1. The number of primary amides is 1. The number of esters is 1. The van der Waals surface area contributed by atoms with Crippen LogP contribution in [-0.2, 0) is 27.9 Å². The van der Waals surface area contributed by atoms with E-state index in [0.717, 1.165) is 16.3 Å². The van der Waals surface area contributed by atoms with Crippen LogP contribution in [0.4, 0.5) is 0 Å². The Morgan fingerprint density at radius 3 is 2.60 bits per heavy atom. The summed E-state index contributed by atoms with van der Waals surface area (Å²) in [5.74, 6) is -1.10. The SMILES string of the molecule is CCOC(=O)[C@@H](CC)Sc1nc2c(c(=O)[nH]c(=O)n2C)n1CC(N)=O. The summed E-state index contributed by atoms with van der Waals surface area (Å²) in [4.78, 5) is 53.8. The van der Waals surface area contributed by atoms with Crippen LogP contribution < -0.4 is 17.0 Å². The van der Waals surface area contributed by atoms with Gasteiger partial charge in [-0.2, -0.15) is 0 Å². The number of carbonyl (C=O) groups excluding carboxylic acids is 2. The fraction of sp³-hybridized carbons (Fsp3) is 0.500. The van der Waals surface area contributed by atoms with Crippen molar-refractivity contribution in [3.63, 3.8) is 0 Å². The number of carbonyl (C=O) groups is 2. The maximum absolute atomic E-state index is 12.2. The van der Waals surface area contributed by atoms with Crippen LogP contribution in [-0.4, -0.2) is 42.8 Å². The zero-order valence-electron chi connectivity index (χ0n) is 14.1. The van der Waals surface area contributed by atoms with Crippen LogP contribution in [0.15, 0.2) is 14.7 Å². The molecule has 25 heavy (non-hydrogen) atoms. The lowest BCUT2D eigenvalue weighted by atomic mass is 10.3. The van der Waals surface area contributed by atoms with Crippen molar-refractivity contribution in [2.45, 2.75) is 37.2 Å². The third-order valence-corrected chi connectivity index (χ3v) is 4.79. The number of aryl methyl sites for hydroxylation is 1. The smallest absolute Gasteiger partial charge is 0.329 e. The van der Waals surface area contributed by atoms with Crippen molar-refractivity contribution in [3.05, 3.63) is 20.8 Å². The van der Waals surface area contributed by atoms with Gasteiger partial charge < -0.3 is 15.0 Å². The second-order valence-electron chi connectivity index (χ2n) is 5.20. The van der Waals surface area contributed by atoms with Gasteiger partial charge in [0.1, 0.15) is 11.8 Å². The van der Waals surface area contributed by atoms with Crippen LogP contribution in [0.3, 0.4) is 0 Å². The van der Waals surface area contributed by atoms with Crippen molar-refractivity contribution in [2.75, 3.05) is 6.61 Å². The first kappa shape index (κ1) is 18.8. The Bertz CT molecular complexity index is 928. The second-order valence-corrected chi connectivity index (χ2v) is 6.37. The van der Waals surface area contributed by atoms with E-state index in [1.165, 1.54) is 11.6 Å². The standard InChI is InChI=1S/C14H19N5O5S/c1-4-7(12(22)24-5-2)25-14-16-10-9(19(14)6-8(15)20)11(21)17-13(23)18(10)3/h7H,4-6H2,1-3H3,(H2,15,20)(H,17,21,23)/t7-/m1/s1. The number of rotatable bonds is 7. The first-order chi connectivity index (χ1) is 11.8. The van der Waals surface area contributed by atoms with Crippen LogP contribution in [0.1, 0.15) is 20.3 Å². The minimum absolute atomic E-state index is 0.0436. The van der Waals surface area contributed by atoms with Gasteiger partial charge in [0.25, 0.3) is 5.56 Å². The maximum Gasteiger partial charge on any atom is 0.329 e. The first-order valence-corrected chi connectivity index (χ1v) is 8.49. The summed E-state index contributed by atoms with van der Waals surface area (Å²) in [6.07, 6.45) is 0.457. The number of fused-ring (bicyclic) bond motifs is 1. The van der Waals surface area contributed by atoms with E-state index in [0.29, 0.717) is 6.42 Å². The zero-order valence-corrected chi connectivity index (χ0v) is 14.9. The predicted molar refractivity (Wildman–Crippen MR) is 91.4 cm³/mol. The molecule has 0 aliphatic carbocycles. The number of nitrogens with zero attached hydrogens (tertiary/aromatic N) is 3. The van der Waals surface area contributed by atoms with Gasteiger partial charge in [-0.3, -0.25) is 23.9 Å². The number of hydrogen-bond donors (Lipinski definition) is 2. The van der Waals surface area contributed by atoms with E-state index in [9.17, 15) is 19.2 Å². The van der Waals surface area contributed by atoms with Gasteiger partial charge in [0.2, 0.25) is 5.91 Å². The fourth-order valence-electron chi connectivity index (χ4n) is 2.27. The molecule has 1 amide bonds. The lowest BCUT2D eigenvalue weighted by molar-refractivity contribution is -0.142. The number of amides is 1. The predicted octanol–water partition coefficient (Wildman–Crippen LogP) is -0.658. The summed E-state index contributed by atoms with van der Waals surface area (Å²) in [6.45, 7) is 3.44. The number of hydrogen-bond acceptors (Lipinski definition) is 7. The van der Waals surface area contributed by atoms with Gasteiger partial charge in [-0.1, -0.05) is 18.7 Å². The third kappa shape index (κ3) is 3.76. The van der Waals surface area contributed by atoms with E-state index in [1.807, 2.05) is 0 Å². The summed E-state index contributed by atoms with van der Waals surface area (Å²) in [5.41, 5.74) is 4.11. The van der Waals surface area contributed by atoms with E-state index in [1.54, 1.807) is 13.8 Å². The lowest BCUT2D eigenvalue weighted by Gasteiger charge is -2.13. The number of ether oxygens (including phenoxy) is 1. The van der Waals surface area contributed by atoms with E-state index in [2.05, 4.69) is 9.97 Å². The molecule has 2 rings (SSSR count). The van der Waals surface area contributed by atoms with Gasteiger partial charge >= 0.3 is 11.7 Å². The summed E-state index contributed by atoms with van der Waals surface area (Å²) < 4.78 is 7.48. The molecule has 0 bridgehead atoms. The quantitative estimate of drug-likeness (QED) is 0.487. The Morgan fingerprint density at radius 2 is 2.04 bits per heavy atom. The number of thioether (sulfide) groups is 1. The molecule has 11 heteroatoms. The minimum Gasteiger partial charge on any atom is -0.465 e. The molecule has 10 nitrogen and oxygen atoms in total. The Labute approximate surface area is 146 Å². The lowest BCUT2D eigenvalue weighted by Crippen LogP contribution is -2.30. The number of nitrogens with two attached hydrogens (primary N) is 1. The monoisotopic (exact) mass is 369 g/mol.